The van der Waals surface area contributed by atoms with Crippen LogP contribution in [-0.2, 0) is 0 Å². The Morgan fingerprint density at radius 2 is 2.15 bits per heavy atom. The monoisotopic (exact) mass is 278 g/mol. The Bertz CT molecular complexity index is 632. The van der Waals surface area contributed by atoms with E-state index in [0.717, 1.165) is 12.1 Å². The molecule has 0 bridgehead atoms. The number of rotatable bonds is 4. The first-order valence-electron chi connectivity index (χ1n) is 5.96. The highest BCUT2D eigenvalue weighted by atomic mass is 19.1. The summed E-state index contributed by atoms with van der Waals surface area (Å²) in [4.78, 5) is 16.0. The normalized spacial score (nSPS) is 10.2. The van der Waals surface area contributed by atoms with Gasteiger partial charge >= 0.3 is 0 Å². The second-order valence-corrected chi connectivity index (χ2v) is 3.87. The molecule has 0 aliphatic rings. The number of anilines is 1. The van der Waals surface area contributed by atoms with Gasteiger partial charge in [0.2, 0.25) is 5.88 Å². The standard InChI is InChI=1S/C14H12F2N2O2/c1-2-20-14-10(4-3-7-17-14)13(19)18-12-6-5-9(15)8-11(12)16/h3-8H,2H2,1H3,(H,18,19). The van der Waals surface area contributed by atoms with Crippen LogP contribution < -0.4 is 10.1 Å². The van der Waals surface area contributed by atoms with E-state index in [1.807, 2.05) is 0 Å². The summed E-state index contributed by atoms with van der Waals surface area (Å²) in [6.45, 7) is 2.11. The Morgan fingerprint density at radius 1 is 1.35 bits per heavy atom. The number of halogens is 2. The van der Waals surface area contributed by atoms with E-state index < -0.39 is 17.5 Å². The molecule has 0 spiro atoms. The largest absolute Gasteiger partial charge is 0.477 e. The van der Waals surface area contributed by atoms with Crippen LogP contribution in [0.25, 0.3) is 0 Å². The van der Waals surface area contributed by atoms with Gasteiger partial charge in [-0.3, -0.25) is 4.79 Å². The van der Waals surface area contributed by atoms with Gasteiger partial charge in [0.25, 0.3) is 5.91 Å². The molecule has 0 aliphatic carbocycles. The van der Waals surface area contributed by atoms with Crippen molar-refractivity contribution in [2.45, 2.75) is 6.92 Å². The van der Waals surface area contributed by atoms with Crippen molar-refractivity contribution < 1.29 is 18.3 Å². The number of ether oxygens (including phenoxy) is 1. The van der Waals surface area contributed by atoms with Crippen LogP contribution in [0.2, 0.25) is 0 Å². The van der Waals surface area contributed by atoms with Gasteiger partial charge in [-0.1, -0.05) is 0 Å². The number of carbonyl (C=O) groups is 1. The fourth-order valence-electron chi connectivity index (χ4n) is 1.60. The number of pyridine rings is 1. The number of nitrogens with zero attached hydrogens (tertiary/aromatic N) is 1. The molecule has 1 N–H and O–H groups in total. The summed E-state index contributed by atoms with van der Waals surface area (Å²) >= 11 is 0. The number of amides is 1. The first-order valence-corrected chi connectivity index (χ1v) is 5.96. The molecule has 1 aromatic heterocycles. The predicted molar refractivity (Wildman–Crippen MR) is 69.7 cm³/mol. The van der Waals surface area contributed by atoms with Crippen molar-refractivity contribution in [1.82, 2.24) is 4.98 Å². The van der Waals surface area contributed by atoms with Crippen molar-refractivity contribution in [1.29, 1.82) is 0 Å². The third kappa shape index (κ3) is 3.09. The van der Waals surface area contributed by atoms with Crippen LogP contribution in [0.5, 0.6) is 5.88 Å². The van der Waals surface area contributed by atoms with Crippen LogP contribution in [0, 0.1) is 11.6 Å². The lowest BCUT2D eigenvalue weighted by Gasteiger charge is -2.09. The first-order chi connectivity index (χ1) is 9.61. The molecule has 104 valence electrons. The molecule has 2 rings (SSSR count). The smallest absolute Gasteiger partial charge is 0.261 e. The Labute approximate surface area is 114 Å². The summed E-state index contributed by atoms with van der Waals surface area (Å²) in [5, 5.41) is 2.35. The summed E-state index contributed by atoms with van der Waals surface area (Å²) in [6.07, 6.45) is 1.49. The van der Waals surface area contributed by atoms with Gasteiger partial charge in [-0.2, -0.15) is 0 Å². The number of benzene rings is 1. The van der Waals surface area contributed by atoms with Crippen LogP contribution in [-0.4, -0.2) is 17.5 Å². The van der Waals surface area contributed by atoms with Gasteiger partial charge < -0.3 is 10.1 Å². The molecule has 0 aliphatic heterocycles. The number of carbonyl (C=O) groups excluding carboxylic acids is 1. The molecule has 0 fully saturated rings. The van der Waals surface area contributed by atoms with Crippen molar-refractivity contribution in [2.24, 2.45) is 0 Å². The molecule has 20 heavy (non-hydrogen) atoms. The molecule has 4 nitrogen and oxygen atoms in total. The van der Waals surface area contributed by atoms with E-state index in [4.69, 9.17) is 4.74 Å². The second kappa shape index (κ2) is 6.10. The predicted octanol–water partition coefficient (Wildman–Crippen LogP) is 3.01. The average molecular weight is 278 g/mol. The maximum Gasteiger partial charge on any atom is 0.261 e. The van der Waals surface area contributed by atoms with Crippen LogP contribution in [0.3, 0.4) is 0 Å². The molecule has 1 aromatic carbocycles. The minimum Gasteiger partial charge on any atom is -0.477 e. The number of aromatic nitrogens is 1. The number of hydrogen-bond donors (Lipinski definition) is 1. The van der Waals surface area contributed by atoms with E-state index in [0.29, 0.717) is 12.7 Å². The van der Waals surface area contributed by atoms with Gasteiger partial charge in [0.15, 0.2) is 0 Å². The van der Waals surface area contributed by atoms with E-state index in [1.54, 1.807) is 13.0 Å². The van der Waals surface area contributed by atoms with E-state index in [-0.39, 0.29) is 17.1 Å². The lowest BCUT2D eigenvalue weighted by atomic mass is 10.2. The SMILES string of the molecule is CCOc1ncccc1C(=O)Nc1ccc(F)cc1F. The lowest BCUT2D eigenvalue weighted by Crippen LogP contribution is -2.15. The van der Waals surface area contributed by atoms with Crippen molar-refractivity contribution in [3.63, 3.8) is 0 Å². The van der Waals surface area contributed by atoms with E-state index in [1.165, 1.54) is 12.3 Å². The van der Waals surface area contributed by atoms with Crippen LogP contribution in [0.15, 0.2) is 36.5 Å². The highest BCUT2D eigenvalue weighted by Crippen LogP contribution is 2.19. The van der Waals surface area contributed by atoms with Crippen molar-refractivity contribution in [2.75, 3.05) is 11.9 Å². The quantitative estimate of drug-likeness (QED) is 0.935. The van der Waals surface area contributed by atoms with Crippen molar-refractivity contribution >= 4 is 11.6 Å². The Kier molecular flexibility index (Phi) is 4.24. The molecule has 1 heterocycles. The lowest BCUT2D eigenvalue weighted by molar-refractivity contribution is 0.102. The van der Waals surface area contributed by atoms with Crippen LogP contribution in [0.4, 0.5) is 14.5 Å². The second-order valence-electron chi connectivity index (χ2n) is 3.87. The molecule has 0 unspecified atom stereocenters. The minimum absolute atomic E-state index is 0.109. The van der Waals surface area contributed by atoms with E-state index >= 15 is 0 Å². The van der Waals surface area contributed by atoms with Crippen LogP contribution >= 0.6 is 0 Å². The Hall–Kier alpha value is -2.50. The van der Waals surface area contributed by atoms with Gasteiger partial charge in [0.05, 0.1) is 12.3 Å². The molecule has 2 aromatic rings. The average Bonchev–Trinajstić information content (AvgIpc) is 2.43. The fraction of sp³-hybridized carbons (Fsp3) is 0.143. The molecular weight excluding hydrogens is 266 g/mol. The zero-order valence-corrected chi connectivity index (χ0v) is 10.7. The summed E-state index contributed by atoms with van der Waals surface area (Å²) in [7, 11) is 0. The Balaban J connectivity index is 2.24. The fourth-order valence-corrected chi connectivity index (χ4v) is 1.60. The number of nitrogens with one attached hydrogen (secondary N) is 1. The zero-order valence-electron chi connectivity index (χ0n) is 10.7. The summed E-state index contributed by atoms with van der Waals surface area (Å²) < 4.78 is 31.5. The first kappa shape index (κ1) is 13.9. The molecule has 0 atom stereocenters. The van der Waals surface area contributed by atoms with Crippen LogP contribution in [0.1, 0.15) is 17.3 Å². The molecule has 0 saturated carbocycles. The number of hydrogen-bond acceptors (Lipinski definition) is 3. The summed E-state index contributed by atoms with van der Waals surface area (Å²) in [5.74, 6) is -1.97. The third-order valence-corrected chi connectivity index (χ3v) is 2.48. The minimum atomic E-state index is -0.847. The summed E-state index contributed by atoms with van der Waals surface area (Å²) in [6, 6.07) is 5.99. The van der Waals surface area contributed by atoms with E-state index in [9.17, 15) is 13.6 Å². The van der Waals surface area contributed by atoms with Gasteiger partial charge in [-0.25, -0.2) is 13.8 Å². The van der Waals surface area contributed by atoms with Gasteiger partial charge in [0.1, 0.15) is 17.2 Å². The zero-order chi connectivity index (χ0) is 14.5. The van der Waals surface area contributed by atoms with Gasteiger partial charge in [0, 0.05) is 12.3 Å². The van der Waals surface area contributed by atoms with Gasteiger partial charge in [-0.15, -0.1) is 0 Å². The maximum atomic E-state index is 13.5. The van der Waals surface area contributed by atoms with Gasteiger partial charge in [-0.05, 0) is 31.2 Å². The Morgan fingerprint density at radius 3 is 2.85 bits per heavy atom. The van der Waals surface area contributed by atoms with Crippen molar-refractivity contribution in [3.05, 3.63) is 53.7 Å². The third-order valence-electron chi connectivity index (χ3n) is 2.48. The highest BCUT2D eigenvalue weighted by Gasteiger charge is 2.15. The molecule has 0 radical (unpaired) electrons. The molecule has 0 saturated heterocycles. The highest BCUT2D eigenvalue weighted by molar-refractivity contribution is 6.05. The topological polar surface area (TPSA) is 51.2 Å². The maximum absolute atomic E-state index is 13.5. The van der Waals surface area contributed by atoms with E-state index in [2.05, 4.69) is 10.3 Å². The molecule has 6 heteroatoms. The summed E-state index contributed by atoms with van der Waals surface area (Å²) in [5.41, 5.74) is 0.0702. The molecular formula is C14H12F2N2O2. The molecule has 1 amide bonds. The van der Waals surface area contributed by atoms with Crippen molar-refractivity contribution in [3.8, 4) is 5.88 Å².